The van der Waals surface area contributed by atoms with Crippen molar-refractivity contribution in [1.29, 1.82) is 0 Å². The van der Waals surface area contributed by atoms with Crippen molar-refractivity contribution in [2.45, 2.75) is 44.4 Å². The highest BCUT2D eigenvalue weighted by atomic mass is 32.1. The molecule has 7 nitrogen and oxygen atoms in total. The molecular weight excluding hydrogens is 386 g/mol. The minimum absolute atomic E-state index is 0.0596. The Bertz CT molecular complexity index is 834. The summed E-state index contributed by atoms with van der Waals surface area (Å²) in [5.41, 5.74) is 0.479. The number of imidazole rings is 1. The summed E-state index contributed by atoms with van der Waals surface area (Å²) in [4.78, 5) is 23.9. The first-order chi connectivity index (χ1) is 14.1. The van der Waals surface area contributed by atoms with Crippen LogP contribution in [-0.4, -0.2) is 57.2 Å². The van der Waals surface area contributed by atoms with E-state index in [1.165, 1.54) is 17.8 Å². The molecule has 2 aromatic heterocycles. The van der Waals surface area contributed by atoms with E-state index in [-0.39, 0.29) is 18.1 Å². The van der Waals surface area contributed by atoms with Crippen molar-refractivity contribution in [3.05, 3.63) is 34.8 Å². The molecule has 1 saturated heterocycles. The second-order valence-electron chi connectivity index (χ2n) is 8.93. The molecule has 3 fully saturated rings. The first kappa shape index (κ1) is 19.2. The normalized spacial score (nSPS) is 29.7. The monoisotopic (exact) mass is 415 g/mol. The van der Waals surface area contributed by atoms with Crippen LogP contribution < -0.4 is 5.32 Å². The first-order valence-electron chi connectivity index (χ1n) is 10.6. The fourth-order valence-electron chi connectivity index (χ4n) is 4.81. The molecule has 0 radical (unpaired) electrons. The highest BCUT2D eigenvalue weighted by Crippen LogP contribution is 2.39. The third-order valence-electron chi connectivity index (χ3n) is 6.53. The number of nitrogens with one attached hydrogen (secondary N) is 1. The number of aromatic nitrogens is 3. The molecule has 4 atom stereocenters. The van der Waals surface area contributed by atoms with Gasteiger partial charge in [0.05, 0.1) is 25.0 Å². The van der Waals surface area contributed by atoms with Gasteiger partial charge >= 0.3 is 0 Å². The Labute approximate surface area is 175 Å². The van der Waals surface area contributed by atoms with E-state index in [4.69, 9.17) is 4.74 Å². The molecule has 0 bridgehead atoms. The Hall–Kier alpha value is -1.77. The van der Waals surface area contributed by atoms with Gasteiger partial charge in [0, 0.05) is 44.5 Å². The Kier molecular flexibility index (Phi) is 5.41. The minimum atomic E-state index is -0.0910. The molecule has 8 heteroatoms. The van der Waals surface area contributed by atoms with Gasteiger partial charge in [0.2, 0.25) is 0 Å². The number of likely N-dealkylation sites (tertiary alicyclic amines) is 1. The summed E-state index contributed by atoms with van der Waals surface area (Å²) in [5, 5.41) is 6.48. The molecule has 2 saturated carbocycles. The molecule has 3 heterocycles. The maximum absolute atomic E-state index is 12.7. The number of hydrogen-bond donors (Lipinski definition) is 1. The van der Waals surface area contributed by atoms with Crippen LogP contribution in [0.5, 0.6) is 0 Å². The van der Waals surface area contributed by atoms with E-state index in [2.05, 4.69) is 20.2 Å². The van der Waals surface area contributed by atoms with Gasteiger partial charge in [-0.25, -0.2) is 9.97 Å². The van der Waals surface area contributed by atoms with Crippen molar-refractivity contribution >= 4 is 17.2 Å². The van der Waals surface area contributed by atoms with Crippen LogP contribution in [-0.2, 0) is 18.3 Å². The summed E-state index contributed by atoms with van der Waals surface area (Å²) in [6.07, 6.45) is 9.99. The van der Waals surface area contributed by atoms with Gasteiger partial charge in [0.1, 0.15) is 10.7 Å². The van der Waals surface area contributed by atoms with Gasteiger partial charge in [-0.2, -0.15) is 0 Å². The van der Waals surface area contributed by atoms with Crippen molar-refractivity contribution in [3.63, 3.8) is 0 Å². The number of ether oxygens (including phenoxy) is 1. The lowest BCUT2D eigenvalue weighted by Crippen LogP contribution is -2.50. The standard InChI is InChI=1S/C21H29N5O2S/c1-25-10-18(23-13-25)21(27)24-17-6-15-8-26(11-20-22-4-5-29-20)9-16(15)7-19(17)28-12-14-2-3-14/h4-5,10,13-17,19H,2-3,6-9,11-12H2,1H3,(H,24,27)/t15-,16+,17-,19-/m0/s1. The zero-order valence-electron chi connectivity index (χ0n) is 16.9. The Morgan fingerprint density at radius 2 is 2.10 bits per heavy atom. The number of thiazole rings is 1. The number of carbonyl (C=O) groups excluding carboxylic acids is 1. The maximum atomic E-state index is 12.7. The van der Waals surface area contributed by atoms with Gasteiger partial charge in [0.15, 0.2) is 0 Å². The van der Waals surface area contributed by atoms with Crippen LogP contribution in [0.2, 0.25) is 0 Å². The average molecular weight is 416 g/mol. The van der Waals surface area contributed by atoms with Gasteiger partial charge in [-0.1, -0.05) is 0 Å². The van der Waals surface area contributed by atoms with Gasteiger partial charge in [-0.05, 0) is 43.4 Å². The third-order valence-corrected chi connectivity index (χ3v) is 7.30. The van der Waals surface area contributed by atoms with Crippen LogP contribution in [0.1, 0.15) is 41.2 Å². The van der Waals surface area contributed by atoms with Gasteiger partial charge in [0.25, 0.3) is 5.91 Å². The molecule has 2 aliphatic carbocycles. The van der Waals surface area contributed by atoms with E-state index in [1.807, 2.05) is 18.6 Å². The second-order valence-corrected chi connectivity index (χ2v) is 9.91. The fourth-order valence-corrected chi connectivity index (χ4v) is 5.47. The van der Waals surface area contributed by atoms with Gasteiger partial charge in [-0.3, -0.25) is 9.69 Å². The number of carbonyl (C=O) groups is 1. The molecule has 3 aliphatic rings. The quantitative estimate of drug-likeness (QED) is 0.751. The molecule has 0 unspecified atom stereocenters. The van der Waals surface area contributed by atoms with E-state index in [1.54, 1.807) is 28.4 Å². The van der Waals surface area contributed by atoms with Crippen LogP contribution in [0.4, 0.5) is 0 Å². The predicted molar refractivity (Wildman–Crippen MR) is 111 cm³/mol. The molecular formula is C21H29N5O2S. The fraction of sp³-hybridized carbons (Fsp3) is 0.667. The van der Waals surface area contributed by atoms with Crippen LogP contribution in [0.3, 0.4) is 0 Å². The predicted octanol–water partition coefficient (Wildman–Crippen LogP) is 2.31. The summed E-state index contributed by atoms with van der Waals surface area (Å²) in [6, 6.07) is 0.0596. The lowest BCUT2D eigenvalue weighted by Gasteiger charge is -2.38. The van der Waals surface area contributed by atoms with E-state index in [9.17, 15) is 4.79 Å². The third kappa shape index (κ3) is 4.54. The Balaban J connectivity index is 1.25. The zero-order valence-corrected chi connectivity index (χ0v) is 17.7. The second kappa shape index (κ2) is 8.16. The number of nitrogens with zero attached hydrogens (tertiary/aromatic N) is 4. The minimum Gasteiger partial charge on any atom is -0.376 e. The molecule has 5 rings (SSSR count). The van der Waals surface area contributed by atoms with Crippen LogP contribution >= 0.6 is 11.3 Å². The average Bonchev–Trinajstić information content (AvgIpc) is 3.06. The zero-order chi connectivity index (χ0) is 19.8. The van der Waals surface area contributed by atoms with E-state index < -0.39 is 0 Å². The summed E-state index contributed by atoms with van der Waals surface area (Å²) >= 11 is 1.73. The number of rotatable bonds is 7. The smallest absolute Gasteiger partial charge is 0.271 e. The van der Waals surface area contributed by atoms with Crippen molar-refractivity contribution in [2.24, 2.45) is 24.8 Å². The molecule has 2 aromatic rings. The van der Waals surface area contributed by atoms with Crippen molar-refractivity contribution < 1.29 is 9.53 Å². The highest BCUT2D eigenvalue weighted by molar-refractivity contribution is 7.09. The number of fused-ring (bicyclic) bond motifs is 1. The van der Waals surface area contributed by atoms with Crippen LogP contribution in [0.25, 0.3) is 0 Å². The Morgan fingerprint density at radius 3 is 2.79 bits per heavy atom. The largest absolute Gasteiger partial charge is 0.376 e. The molecule has 1 aliphatic heterocycles. The van der Waals surface area contributed by atoms with Gasteiger partial charge < -0.3 is 14.6 Å². The van der Waals surface area contributed by atoms with E-state index in [0.717, 1.165) is 45.0 Å². The number of aryl methyl sites for hydroxylation is 1. The number of amides is 1. The van der Waals surface area contributed by atoms with Crippen molar-refractivity contribution in [3.8, 4) is 0 Å². The van der Waals surface area contributed by atoms with Crippen molar-refractivity contribution in [2.75, 3.05) is 19.7 Å². The van der Waals surface area contributed by atoms with Crippen molar-refractivity contribution in [1.82, 2.24) is 24.8 Å². The van der Waals surface area contributed by atoms with E-state index >= 15 is 0 Å². The van der Waals surface area contributed by atoms with Crippen LogP contribution in [0.15, 0.2) is 24.1 Å². The van der Waals surface area contributed by atoms with E-state index in [0.29, 0.717) is 17.5 Å². The number of hydrogen-bond acceptors (Lipinski definition) is 6. The SMILES string of the molecule is Cn1cnc(C(=O)N[C@H]2C[C@H]3CN(Cc4nccs4)C[C@H]3C[C@@H]2OCC2CC2)c1. The lowest BCUT2D eigenvalue weighted by atomic mass is 9.77. The maximum Gasteiger partial charge on any atom is 0.271 e. The first-order valence-corrected chi connectivity index (χ1v) is 11.5. The lowest BCUT2D eigenvalue weighted by molar-refractivity contribution is -0.0212. The van der Waals surface area contributed by atoms with Crippen LogP contribution in [0, 0.1) is 17.8 Å². The molecule has 1 N–H and O–H groups in total. The summed E-state index contributed by atoms with van der Waals surface area (Å²) < 4.78 is 8.15. The summed E-state index contributed by atoms with van der Waals surface area (Å²) in [7, 11) is 1.88. The molecule has 0 spiro atoms. The highest BCUT2D eigenvalue weighted by Gasteiger charge is 2.43. The molecule has 156 valence electrons. The molecule has 1 amide bonds. The Morgan fingerprint density at radius 1 is 1.28 bits per heavy atom. The molecule has 29 heavy (non-hydrogen) atoms. The molecule has 0 aromatic carbocycles. The van der Waals surface area contributed by atoms with Gasteiger partial charge in [-0.15, -0.1) is 11.3 Å². The summed E-state index contributed by atoms with van der Waals surface area (Å²) in [5.74, 6) is 1.88. The topological polar surface area (TPSA) is 72.3 Å². The summed E-state index contributed by atoms with van der Waals surface area (Å²) in [6.45, 7) is 3.95.